The molecule has 1 heterocycles. The summed E-state index contributed by atoms with van der Waals surface area (Å²) >= 11 is 0. The van der Waals surface area contributed by atoms with Crippen molar-refractivity contribution in [2.45, 2.75) is 17.7 Å². The maximum atomic E-state index is 13.7. The number of rotatable bonds is 4. The van der Waals surface area contributed by atoms with E-state index in [0.29, 0.717) is 11.6 Å². The van der Waals surface area contributed by atoms with E-state index in [-0.39, 0.29) is 36.5 Å². The predicted octanol–water partition coefficient (Wildman–Crippen LogP) is 2.88. The third kappa shape index (κ3) is 4.18. The largest absolute Gasteiger partial charge is 0.323 e. The van der Waals surface area contributed by atoms with Crippen LogP contribution in [0.4, 0.5) is 14.5 Å². The van der Waals surface area contributed by atoms with Crippen molar-refractivity contribution in [2.24, 2.45) is 5.92 Å². The van der Waals surface area contributed by atoms with Crippen LogP contribution in [0.15, 0.2) is 47.4 Å². The van der Waals surface area contributed by atoms with Gasteiger partial charge in [-0.3, -0.25) is 4.79 Å². The van der Waals surface area contributed by atoms with Crippen LogP contribution in [0.3, 0.4) is 0 Å². The number of carbonyl (C=O) groups excluding carboxylic acids is 1. The zero-order valence-electron chi connectivity index (χ0n) is 14.7. The zero-order chi connectivity index (χ0) is 20.3. The molecule has 0 atom stereocenters. The molecule has 2 aromatic rings. The topological polar surface area (TPSA) is 90.3 Å². The lowest BCUT2D eigenvalue weighted by atomic mass is 9.97. The second-order valence-corrected chi connectivity index (χ2v) is 8.37. The van der Waals surface area contributed by atoms with Crippen LogP contribution < -0.4 is 5.32 Å². The maximum Gasteiger partial charge on any atom is 0.243 e. The first-order valence-electron chi connectivity index (χ1n) is 8.57. The highest BCUT2D eigenvalue weighted by molar-refractivity contribution is 7.89. The second-order valence-electron chi connectivity index (χ2n) is 6.43. The van der Waals surface area contributed by atoms with E-state index in [4.69, 9.17) is 5.26 Å². The van der Waals surface area contributed by atoms with Gasteiger partial charge >= 0.3 is 0 Å². The van der Waals surface area contributed by atoms with Crippen molar-refractivity contribution < 1.29 is 22.0 Å². The predicted molar refractivity (Wildman–Crippen MR) is 97.6 cm³/mol. The summed E-state index contributed by atoms with van der Waals surface area (Å²) in [5.74, 6) is -2.51. The number of nitrogens with zero attached hydrogens (tertiary/aromatic N) is 2. The van der Waals surface area contributed by atoms with Crippen molar-refractivity contribution in [2.75, 3.05) is 18.4 Å². The van der Waals surface area contributed by atoms with E-state index in [1.54, 1.807) is 0 Å². The number of nitrogens with one attached hydrogen (secondary N) is 1. The van der Waals surface area contributed by atoms with Gasteiger partial charge in [0.05, 0.1) is 22.2 Å². The number of amides is 1. The van der Waals surface area contributed by atoms with E-state index in [1.807, 2.05) is 6.07 Å². The summed E-state index contributed by atoms with van der Waals surface area (Å²) in [6, 6.07) is 10.4. The third-order valence-electron chi connectivity index (χ3n) is 4.63. The van der Waals surface area contributed by atoms with Crippen molar-refractivity contribution in [1.29, 1.82) is 5.26 Å². The molecular weight excluding hydrogens is 388 g/mol. The average Bonchev–Trinajstić information content (AvgIpc) is 2.70. The summed E-state index contributed by atoms with van der Waals surface area (Å²) in [6.45, 7) is 0.290. The van der Waals surface area contributed by atoms with Crippen LogP contribution in [-0.2, 0) is 14.8 Å². The Hall–Kier alpha value is -2.83. The third-order valence-corrected chi connectivity index (χ3v) is 6.55. The molecule has 9 heteroatoms. The molecule has 1 saturated heterocycles. The molecule has 1 fully saturated rings. The SMILES string of the molecule is N#Cc1ccc(S(=O)(=O)N2CCC(C(=O)Nc3ccc(F)cc3F)CC2)cc1. The zero-order valence-corrected chi connectivity index (χ0v) is 15.5. The Morgan fingerprint density at radius 1 is 1.11 bits per heavy atom. The minimum Gasteiger partial charge on any atom is -0.323 e. The minimum atomic E-state index is -3.72. The Kier molecular flexibility index (Phi) is 5.72. The molecule has 1 amide bonds. The molecule has 0 aliphatic carbocycles. The van der Waals surface area contributed by atoms with Crippen molar-refractivity contribution >= 4 is 21.6 Å². The summed E-state index contributed by atoms with van der Waals surface area (Å²) in [5, 5.41) is 11.2. The van der Waals surface area contributed by atoms with Crippen LogP contribution in [0.25, 0.3) is 0 Å². The fourth-order valence-electron chi connectivity index (χ4n) is 3.03. The summed E-state index contributed by atoms with van der Waals surface area (Å²) in [4.78, 5) is 12.4. The van der Waals surface area contributed by atoms with Crippen LogP contribution in [0.5, 0.6) is 0 Å². The summed E-state index contributed by atoms with van der Waals surface area (Å²) in [7, 11) is -3.72. The molecule has 0 saturated carbocycles. The quantitative estimate of drug-likeness (QED) is 0.847. The first kappa shape index (κ1) is 19.9. The standard InChI is InChI=1S/C19H17F2N3O3S/c20-15-3-6-18(17(21)11-15)23-19(25)14-7-9-24(10-8-14)28(26,27)16-4-1-13(12-22)2-5-16/h1-6,11,14H,7-10H2,(H,23,25). The number of hydrogen-bond donors (Lipinski definition) is 1. The molecule has 0 unspecified atom stereocenters. The smallest absolute Gasteiger partial charge is 0.243 e. The van der Waals surface area contributed by atoms with E-state index in [9.17, 15) is 22.0 Å². The lowest BCUT2D eigenvalue weighted by molar-refractivity contribution is -0.120. The van der Waals surface area contributed by atoms with Crippen molar-refractivity contribution in [3.63, 3.8) is 0 Å². The summed E-state index contributed by atoms with van der Waals surface area (Å²) < 4.78 is 53.3. The van der Waals surface area contributed by atoms with Crippen molar-refractivity contribution in [3.05, 3.63) is 59.7 Å². The average molecular weight is 405 g/mol. The molecule has 28 heavy (non-hydrogen) atoms. The normalized spacial score (nSPS) is 15.8. The first-order chi connectivity index (χ1) is 13.3. The van der Waals surface area contributed by atoms with Gasteiger partial charge in [-0.2, -0.15) is 9.57 Å². The number of piperidine rings is 1. The van der Waals surface area contributed by atoms with Crippen LogP contribution in [0, 0.1) is 28.9 Å². The molecule has 0 radical (unpaired) electrons. The highest BCUT2D eigenvalue weighted by atomic mass is 32.2. The minimum absolute atomic E-state index is 0.0859. The van der Waals surface area contributed by atoms with Crippen LogP contribution in [0.2, 0.25) is 0 Å². The number of sulfonamides is 1. The lowest BCUT2D eigenvalue weighted by Gasteiger charge is -2.30. The number of nitriles is 1. The van der Waals surface area contributed by atoms with Crippen LogP contribution in [0.1, 0.15) is 18.4 Å². The van der Waals surface area contributed by atoms with Gasteiger partial charge in [0.1, 0.15) is 11.6 Å². The number of anilines is 1. The van der Waals surface area contributed by atoms with Crippen LogP contribution in [-0.4, -0.2) is 31.7 Å². The van der Waals surface area contributed by atoms with Gasteiger partial charge in [-0.05, 0) is 49.2 Å². The number of hydrogen-bond acceptors (Lipinski definition) is 4. The molecule has 1 aliphatic rings. The Labute approximate surface area is 161 Å². The van der Waals surface area contributed by atoms with Gasteiger partial charge in [-0.25, -0.2) is 17.2 Å². The van der Waals surface area contributed by atoms with Gasteiger partial charge < -0.3 is 5.32 Å². The fraction of sp³-hybridized carbons (Fsp3) is 0.263. The summed E-state index contributed by atoms with van der Waals surface area (Å²) in [5.41, 5.74) is 0.251. The Balaban J connectivity index is 1.63. The molecule has 1 N–H and O–H groups in total. The van der Waals surface area contributed by atoms with Gasteiger partial charge in [0.25, 0.3) is 0 Å². The second kappa shape index (κ2) is 8.04. The number of halogens is 2. The Morgan fingerprint density at radius 3 is 2.32 bits per heavy atom. The van der Waals surface area contributed by atoms with Crippen molar-refractivity contribution in [3.8, 4) is 6.07 Å². The van der Waals surface area contributed by atoms with Gasteiger partial charge in [0.15, 0.2) is 0 Å². The molecule has 3 rings (SSSR count). The molecule has 146 valence electrons. The molecule has 0 spiro atoms. The van der Waals surface area contributed by atoms with Crippen molar-refractivity contribution in [1.82, 2.24) is 4.31 Å². The van der Waals surface area contributed by atoms with Crippen LogP contribution >= 0.6 is 0 Å². The molecule has 1 aliphatic heterocycles. The Morgan fingerprint density at radius 2 is 1.75 bits per heavy atom. The number of benzene rings is 2. The van der Waals surface area contributed by atoms with E-state index < -0.39 is 33.5 Å². The van der Waals surface area contributed by atoms with Gasteiger partial charge in [0, 0.05) is 25.1 Å². The highest BCUT2D eigenvalue weighted by Crippen LogP contribution is 2.25. The van der Waals surface area contributed by atoms with E-state index in [0.717, 1.165) is 12.1 Å². The monoisotopic (exact) mass is 405 g/mol. The van der Waals surface area contributed by atoms with Gasteiger partial charge in [0.2, 0.25) is 15.9 Å². The fourth-order valence-corrected chi connectivity index (χ4v) is 4.50. The van der Waals surface area contributed by atoms with E-state index in [2.05, 4.69) is 5.32 Å². The molecular formula is C19H17F2N3O3S. The lowest BCUT2D eigenvalue weighted by Crippen LogP contribution is -2.41. The molecule has 0 aromatic heterocycles. The highest BCUT2D eigenvalue weighted by Gasteiger charge is 2.32. The van der Waals surface area contributed by atoms with Gasteiger partial charge in [-0.15, -0.1) is 0 Å². The van der Waals surface area contributed by atoms with Gasteiger partial charge in [-0.1, -0.05) is 0 Å². The molecule has 2 aromatic carbocycles. The number of carbonyl (C=O) groups is 1. The molecule has 0 bridgehead atoms. The van der Waals surface area contributed by atoms with E-state index in [1.165, 1.54) is 28.6 Å². The Bertz CT molecular complexity index is 1030. The van der Waals surface area contributed by atoms with E-state index >= 15 is 0 Å². The summed E-state index contributed by atoms with van der Waals surface area (Å²) in [6.07, 6.45) is 0.564. The molecule has 6 nitrogen and oxygen atoms in total. The maximum absolute atomic E-state index is 13.7. The first-order valence-corrected chi connectivity index (χ1v) is 10.0.